The quantitative estimate of drug-likeness (QED) is 0.141. The van der Waals surface area contributed by atoms with Crippen LogP contribution in [0.15, 0.2) is 54.6 Å². The summed E-state index contributed by atoms with van der Waals surface area (Å²) in [5.74, 6) is -0.649. The lowest BCUT2D eigenvalue weighted by Crippen LogP contribution is -2.17. The van der Waals surface area contributed by atoms with E-state index in [0.29, 0.717) is 39.6 Å². The first kappa shape index (κ1) is 28.8. The molecule has 0 radical (unpaired) electrons. The van der Waals surface area contributed by atoms with Crippen LogP contribution in [-0.2, 0) is 17.9 Å². The highest BCUT2D eigenvalue weighted by Gasteiger charge is 2.19. The molecule has 0 fully saturated rings. The number of nitrogens with two attached hydrogens (primary N) is 1. The zero-order chi connectivity index (χ0) is 28.5. The second kappa shape index (κ2) is 13.2. The number of carboxylic acids is 1. The molecule has 0 saturated heterocycles. The molecule has 0 unspecified atom stereocenters. The van der Waals surface area contributed by atoms with Crippen molar-refractivity contribution in [3.05, 3.63) is 76.9 Å². The Morgan fingerprint density at radius 1 is 1.08 bits per heavy atom. The minimum Gasteiger partial charge on any atom is -0.497 e. The van der Waals surface area contributed by atoms with E-state index in [1.807, 2.05) is 13.8 Å². The topological polar surface area (TPSA) is 176 Å². The van der Waals surface area contributed by atoms with Gasteiger partial charge in [-0.1, -0.05) is 0 Å². The molecular formula is C28H32N4O7. The van der Waals surface area contributed by atoms with E-state index in [9.17, 15) is 14.7 Å². The van der Waals surface area contributed by atoms with Gasteiger partial charge in [-0.2, -0.15) is 0 Å². The van der Waals surface area contributed by atoms with Crippen molar-refractivity contribution in [3.8, 4) is 17.2 Å². The van der Waals surface area contributed by atoms with E-state index < -0.39 is 18.5 Å². The van der Waals surface area contributed by atoms with Gasteiger partial charge < -0.3 is 40.8 Å². The van der Waals surface area contributed by atoms with Crippen LogP contribution in [0, 0.1) is 5.41 Å². The van der Waals surface area contributed by atoms with Crippen molar-refractivity contribution in [2.45, 2.75) is 33.1 Å². The van der Waals surface area contributed by atoms with Crippen LogP contribution in [0.2, 0.25) is 0 Å². The fourth-order valence-corrected chi connectivity index (χ4v) is 3.70. The van der Waals surface area contributed by atoms with Gasteiger partial charge in [-0.25, -0.2) is 4.79 Å². The van der Waals surface area contributed by atoms with Crippen LogP contribution in [0.4, 0.5) is 11.4 Å². The van der Waals surface area contributed by atoms with Crippen LogP contribution in [0.1, 0.15) is 40.9 Å². The van der Waals surface area contributed by atoms with Gasteiger partial charge in [0.25, 0.3) is 5.91 Å². The van der Waals surface area contributed by atoms with E-state index in [1.165, 1.54) is 7.11 Å². The average Bonchev–Trinajstić information content (AvgIpc) is 2.90. The standard InChI is InChI=1S/C28H32N4O7/c1-16(2)39-24-11-17(14-33)10-19(26(24)38-15-25(34)35)13-31-23-9-8-21(37-3)12-22(23)28(36)32-20-6-4-18(5-7-20)27(29)30/h4-12,16,31,33H,13-15H2,1-3H3,(H3,29,30)(H,32,36)(H,34,35). The maximum absolute atomic E-state index is 13.2. The minimum absolute atomic E-state index is 0.0777. The number of rotatable bonds is 13. The van der Waals surface area contributed by atoms with Crippen LogP contribution in [0.3, 0.4) is 0 Å². The summed E-state index contributed by atoms with van der Waals surface area (Å²) in [4.78, 5) is 24.4. The summed E-state index contributed by atoms with van der Waals surface area (Å²) in [6.07, 6.45) is -0.228. The number of amidine groups is 1. The lowest BCUT2D eigenvalue weighted by molar-refractivity contribution is -0.139. The summed E-state index contributed by atoms with van der Waals surface area (Å²) in [6, 6.07) is 14.8. The Bertz CT molecular complexity index is 1340. The highest BCUT2D eigenvalue weighted by atomic mass is 16.5. The van der Waals surface area contributed by atoms with E-state index in [2.05, 4.69) is 10.6 Å². The number of nitrogen functional groups attached to an aromatic ring is 1. The van der Waals surface area contributed by atoms with Gasteiger partial charge >= 0.3 is 5.97 Å². The summed E-state index contributed by atoms with van der Waals surface area (Å²) < 4.78 is 16.7. The average molecular weight is 537 g/mol. The van der Waals surface area contributed by atoms with Gasteiger partial charge in [-0.15, -0.1) is 0 Å². The molecule has 1 amide bonds. The van der Waals surface area contributed by atoms with Gasteiger partial charge in [0.05, 0.1) is 25.4 Å². The minimum atomic E-state index is -1.15. The number of aliphatic carboxylic acids is 1. The van der Waals surface area contributed by atoms with Gasteiger partial charge in [0.2, 0.25) is 0 Å². The second-order valence-corrected chi connectivity index (χ2v) is 8.80. The summed E-state index contributed by atoms with van der Waals surface area (Å²) >= 11 is 0. The van der Waals surface area contributed by atoms with Gasteiger partial charge in [0.15, 0.2) is 18.1 Å². The Labute approximate surface area is 226 Å². The first-order valence-electron chi connectivity index (χ1n) is 12.1. The number of aliphatic hydroxyl groups is 1. The molecule has 39 heavy (non-hydrogen) atoms. The molecule has 11 nitrogen and oxygen atoms in total. The van der Waals surface area contributed by atoms with Crippen molar-refractivity contribution in [1.29, 1.82) is 5.41 Å². The van der Waals surface area contributed by atoms with Crippen LogP contribution in [0.25, 0.3) is 0 Å². The second-order valence-electron chi connectivity index (χ2n) is 8.80. The van der Waals surface area contributed by atoms with Crippen LogP contribution in [-0.4, -0.2) is 47.7 Å². The van der Waals surface area contributed by atoms with Crippen molar-refractivity contribution >= 4 is 29.1 Å². The number of hydrogen-bond donors (Lipinski definition) is 6. The van der Waals surface area contributed by atoms with Crippen LogP contribution < -0.4 is 30.6 Å². The van der Waals surface area contributed by atoms with E-state index in [4.69, 9.17) is 30.5 Å². The molecule has 0 saturated carbocycles. The normalized spacial score (nSPS) is 10.6. The number of carbonyl (C=O) groups is 2. The predicted molar refractivity (Wildman–Crippen MR) is 147 cm³/mol. The zero-order valence-electron chi connectivity index (χ0n) is 21.9. The largest absolute Gasteiger partial charge is 0.497 e. The van der Waals surface area contributed by atoms with Crippen molar-refractivity contribution in [2.24, 2.45) is 5.73 Å². The summed E-state index contributed by atoms with van der Waals surface area (Å²) in [7, 11) is 1.49. The number of nitrogens with one attached hydrogen (secondary N) is 3. The molecule has 0 atom stereocenters. The number of aliphatic hydroxyl groups excluding tert-OH is 1. The molecular weight excluding hydrogens is 504 g/mol. The fourth-order valence-electron chi connectivity index (χ4n) is 3.70. The molecule has 206 valence electrons. The van der Waals surface area contributed by atoms with Crippen molar-refractivity contribution < 1.29 is 34.0 Å². The van der Waals surface area contributed by atoms with E-state index in [-0.39, 0.29) is 36.4 Å². The number of ether oxygens (including phenoxy) is 3. The summed E-state index contributed by atoms with van der Waals surface area (Å²) in [5, 5.41) is 32.5. The number of carboxylic acid groups (broad SMARTS) is 1. The third-order valence-corrected chi connectivity index (χ3v) is 5.47. The number of anilines is 2. The van der Waals surface area contributed by atoms with Gasteiger partial charge in [-0.3, -0.25) is 10.2 Å². The highest BCUT2D eigenvalue weighted by Crippen LogP contribution is 2.35. The van der Waals surface area contributed by atoms with Crippen molar-refractivity contribution in [1.82, 2.24) is 0 Å². The number of benzene rings is 3. The first-order valence-corrected chi connectivity index (χ1v) is 12.1. The number of methoxy groups -OCH3 is 1. The lowest BCUT2D eigenvalue weighted by atomic mass is 10.1. The van der Waals surface area contributed by atoms with E-state index in [1.54, 1.807) is 54.6 Å². The van der Waals surface area contributed by atoms with E-state index >= 15 is 0 Å². The maximum atomic E-state index is 13.2. The lowest BCUT2D eigenvalue weighted by Gasteiger charge is -2.20. The SMILES string of the molecule is COc1ccc(NCc2cc(CO)cc(OC(C)C)c2OCC(=O)O)c(C(=O)Nc2ccc(C(=N)N)cc2)c1. The Kier molecular flexibility index (Phi) is 9.71. The monoisotopic (exact) mass is 536 g/mol. The summed E-state index contributed by atoms with van der Waals surface area (Å²) in [5.41, 5.74) is 8.37. The third-order valence-electron chi connectivity index (χ3n) is 5.47. The van der Waals surface area contributed by atoms with Crippen LogP contribution >= 0.6 is 0 Å². The molecule has 7 N–H and O–H groups in total. The number of hydrogen-bond acceptors (Lipinski definition) is 8. The molecule has 0 aliphatic rings. The summed E-state index contributed by atoms with van der Waals surface area (Å²) in [6.45, 7) is 2.91. The molecule has 3 aromatic carbocycles. The smallest absolute Gasteiger partial charge is 0.341 e. The van der Waals surface area contributed by atoms with Crippen molar-refractivity contribution in [2.75, 3.05) is 24.4 Å². The molecule has 0 aliphatic carbocycles. The number of amides is 1. The molecule has 0 aliphatic heterocycles. The van der Waals surface area contributed by atoms with Crippen LogP contribution in [0.5, 0.6) is 17.2 Å². The molecule has 0 bridgehead atoms. The zero-order valence-corrected chi connectivity index (χ0v) is 21.9. The van der Waals surface area contributed by atoms with Gasteiger partial charge in [0, 0.05) is 29.0 Å². The Morgan fingerprint density at radius 3 is 2.38 bits per heavy atom. The molecule has 3 aromatic rings. The molecule has 0 aromatic heterocycles. The molecule has 0 spiro atoms. The maximum Gasteiger partial charge on any atom is 0.341 e. The Hall–Kier alpha value is -4.77. The third kappa shape index (κ3) is 7.86. The first-order chi connectivity index (χ1) is 18.6. The highest BCUT2D eigenvalue weighted by molar-refractivity contribution is 6.08. The molecule has 11 heteroatoms. The Balaban J connectivity index is 1.92. The molecule has 0 heterocycles. The fraction of sp³-hybridized carbons (Fsp3) is 0.250. The Morgan fingerprint density at radius 2 is 1.79 bits per heavy atom. The van der Waals surface area contributed by atoms with Gasteiger partial charge in [-0.05, 0) is 74.0 Å². The van der Waals surface area contributed by atoms with Gasteiger partial charge in [0.1, 0.15) is 11.6 Å². The molecule has 3 rings (SSSR count). The number of carbonyl (C=O) groups excluding carboxylic acids is 1. The van der Waals surface area contributed by atoms with E-state index in [0.717, 1.165) is 0 Å². The predicted octanol–water partition coefficient (Wildman–Crippen LogP) is 3.59. The van der Waals surface area contributed by atoms with Crippen molar-refractivity contribution in [3.63, 3.8) is 0 Å².